The van der Waals surface area contributed by atoms with Crippen LogP contribution in [0.1, 0.15) is 30.0 Å². The number of anilines is 1. The van der Waals surface area contributed by atoms with Gasteiger partial charge in [-0.3, -0.25) is 9.71 Å². The Balaban J connectivity index is 1.72. The molecule has 0 aliphatic rings. The SMILES string of the molecule is Cc1oc2c(cc(NS(=O)(=O)c3cccc4cccnc34)c3ccccc32)c1C(=O)OC(C)C. The van der Waals surface area contributed by atoms with Gasteiger partial charge in [-0.25, -0.2) is 13.2 Å². The number of pyridine rings is 1. The average molecular weight is 475 g/mol. The monoisotopic (exact) mass is 474 g/mol. The molecule has 7 nitrogen and oxygen atoms in total. The number of aryl methyl sites for hydroxylation is 1. The lowest BCUT2D eigenvalue weighted by molar-refractivity contribution is 0.0378. The molecule has 0 amide bonds. The van der Waals surface area contributed by atoms with Crippen LogP contribution in [0.3, 0.4) is 0 Å². The normalized spacial score (nSPS) is 12.0. The molecular formula is C26H22N2O5S. The van der Waals surface area contributed by atoms with Gasteiger partial charge in [-0.05, 0) is 39.0 Å². The molecule has 0 aliphatic carbocycles. The molecule has 8 heteroatoms. The van der Waals surface area contributed by atoms with E-state index in [1.54, 1.807) is 51.2 Å². The van der Waals surface area contributed by atoms with Crippen LogP contribution in [0, 0.1) is 6.92 Å². The van der Waals surface area contributed by atoms with E-state index in [2.05, 4.69) is 9.71 Å². The minimum Gasteiger partial charge on any atom is -0.460 e. The summed E-state index contributed by atoms with van der Waals surface area (Å²) in [5, 5.41) is 2.52. The van der Waals surface area contributed by atoms with Gasteiger partial charge in [-0.1, -0.05) is 42.5 Å². The van der Waals surface area contributed by atoms with Gasteiger partial charge in [0.05, 0.1) is 17.3 Å². The highest BCUT2D eigenvalue weighted by Crippen LogP contribution is 2.38. The molecule has 0 radical (unpaired) electrons. The molecular weight excluding hydrogens is 452 g/mol. The number of aromatic nitrogens is 1. The maximum atomic E-state index is 13.5. The average Bonchev–Trinajstić information content (AvgIpc) is 3.14. The number of carbonyl (C=O) groups is 1. The van der Waals surface area contributed by atoms with Crippen molar-refractivity contribution in [3.05, 3.63) is 78.2 Å². The van der Waals surface area contributed by atoms with Crippen LogP contribution in [0.2, 0.25) is 0 Å². The minimum absolute atomic E-state index is 0.0672. The molecule has 0 atom stereocenters. The minimum atomic E-state index is -4.00. The Morgan fingerprint density at radius 1 is 1.00 bits per heavy atom. The van der Waals surface area contributed by atoms with Gasteiger partial charge in [0.2, 0.25) is 0 Å². The fourth-order valence-electron chi connectivity index (χ4n) is 4.14. The van der Waals surface area contributed by atoms with Crippen LogP contribution < -0.4 is 4.72 Å². The molecule has 2 heterocycles. The summed E-state index contributed by atoms with van der Waals surface area (Å²) >= 11 is 0. The quantitative estimate of drug-likeness (QED) is 0.323. The fourth-order valence-corrected chi connectivity index (χ4v) is 5.39. The van der Waals surface area contributed by atoms with Crippen molar-refractivity contribution in [3.8, 4) is 0 Å². The number of nitrogens with zero attached hydrogens (tertiary/aromatic N) is 1. The molecule has 172 valence electrons. The number of rotatable bonds is 5. The molecule has 0 bridgehead atoms. The van der Waals surface area contributed by atoms with Crippen molar-refractivity contribution in [2.24, 2.45) is 0 Å². The smallest absolute Gasteiger partial charge is 0.342 e. The number of ether oxygens (including phenoxy) is 1. The van der Waals surface area contributed by atoms with Gasteiger partial charge in [-0.2, -0.15) is 0 Å². The number of esters is 1. The fraction of sp³-hybridized carbons (Fsp3) is 0.154. The molecule has 2 aromatic heterocycles. The number of fused-ring (bicyclic) bond motifs is 4. The Morgan fingerprint density at radius 3 is 2.50 bits per heavy atom. The van der Waals surface area contributed by atoms with Crippen LogP contribution in [0.15, 0.2) is 76.2 Å². The van der Waals surface area contributed by atoms with Crippen LogP contribution in [-0.2, 0) is 14.8 Å². The molecule has 0 saturated carbocycles. The van der Waals surface area contributed by atoms with E-state index in [1.807, 2.05) is 30.3 Å². The first kappa shape index (κ1) is 21.9. The van der Waals surface area contributed by atoms with Gasteiger partial charge in [0.1, 0.15) is 21.8 Å². The van der Waals surface area contributed by atoms with Crippen LogP contribution in [0.5, 0.6) is 0 Å². The topological polar surface area (TPSA) is 98.5 Å². The Morgan fingerprint density at radius 2 is 1.74 bits per heavy atom. The highest BCUT2D eigenvalue weighted by atomic mass is 32.2. The van der Waals surface area contributed by atoms with E-state index in [0.29, 0.717) is 38.7 Å². The van der Waals surface area contributed by atoms with Crippen LogP contribution in [-0.4, -0.2) is 25.5 Å². The molecule has 0 spiro atoms. The number of hydrogen-bond donors (Lipinski definition) is 1. The molecule has 1 N–H and O–H groups in total. The third-order valence-electron chi connectivity index (χ3n) is 5.55. The summed E-state index contributed by atoms with van der Waals surface area (Å²) in [4.78, 5) is 17.2. The second kappa shape index (κ2) is 8.14. The van der Waals surface area contributed by atoms with E-state index in [-0.39, 0.29) is 16.6 Å². The van der Waals surface area contributed by atoms with Crippen LogP contribution >= 0.6 is 0 Å². The summed E-state index contributed by atoms with van der Waals surface area (Å²) in [6.07, 6.45) is 1.25. The summed E-state index contributed by atoms with van der Waals surface area (Å²) in [5.41, 5.74) is 1.49. The lowest BCUT2D eigenvalue weighted by Crippen LogP contribution is -2.14. The van der Waals surface area contributed by atoms with E-state index in [1.165, 1.54) is 6.07 Å². The number of sulfonamides is 1. The number of para-hydroxylation sites is 1. The van der Waals surface area contributed by atoms with E-state index in [4.69, 9.17) is 9.15 Å². The van der Waals surface area contributed by atoms with E-state index in [9.17, 15) is 13.2 Å². The van der Waals surface area contributed by atoms with E-state index < -0.39 is 16.0 Å². The standard InChI is InChI=1S/C26H22N2O5S/c1-15(2)32-26(29)23-16(3)33-25-19-11-5-4-10-18(19)21(14-20(23)25)28-34(30,31)22-12-6-8-17-9-7-13-27-24(17)22/h4-15,28H,1-3H3. The Bertz CT molecular complexity index is 1680. The van der Waals surface area contributed by atoms with Crippen molar-refractivity contribution in [2.45, 2.75) is 31.8 Å². The number of hydrogen-bond acceptors (Lipinski definition) is 6. The van der Waals surface area contributed by atoms with Gasteiger partial charge >= 0.3 is 5.97 Å². The number of benzene rings is 3. The lowest BCUT2D eigenvalue weighted by Gasteiger charge is -2.13. The zero-order valence-corrected chi connectivity index (χ0v) is 19.6. The molecule has 3 aromatic carbocycles. The Hall–Kier alpha value is -3.91. The number of furan rings is 1. The largest absolute Gasteiger partial charge is 0.460 e. The van der Waals surface area contributed by atoms with Gasteiger partial charge in [0.25, 0.3) is 10.0 Å². The number of nitrogens with one attached hydrogen (secondary N) is 1. The third-order valence-corrected chi connectivity index (χ3v) is 6.95. The predicted octanol–water partition coefficient (Wildman–Crippen LogP) is 5.81. The first-order chi connectivity index (χ1) is 16.3. The summed E-state index contributed by atoms with van der Waals surface area (Å²) in [7, 11) is -4.00. The highest BCUT2D eigenvalue weighted by Gasteiger charge is 2.25. The van der Waals surface area contributed by atoms with Gasteiger partial charge in [0, 0.05) is 27.7 Å². The van der Waals surface area contributed by atoms with Gasteiger partial charge in [0.15, 0.2) is 0 Å². The molecule has 34 heavy (non-hydrogen) atoms. The molecule has 5 rings (SSSR count). The predicted molar refractivity (Wildman–Crippen MR) is 132 cm³/mol. The van der Waals surface area contributed by atoms with Crippen molar-refractivity contribution in [1.82, 2.24) is 4.98 Å². The Labute approximate surface area is 196 Å². The van der Waals surface area contributed by atoms with Crippen LogP contribution in [0.25, 0.3) is 32.6 Å². The highest BCUT2D eigenvalue weighted by molar-refractivity contribution is 7.93. The molecule has 0 aliphatic heterocycles. The van der Waals surface area contributed by atoms with Gasteiger partial charge in [-0.15, -0.1) is 0 Å². The summed E-state index contributed by atoms with van der Waals surface area (Å²) in [6, 6.07) is 17.5. The molecule has 0 saturated heterocycles. The van der Waals surface area contributed by atoms with E-state index in [0.717, 1.165) is 5.39 Å². The summed E-state index contributed by atoms with van der Waals surface area (Å²) in [6.45, 7) is 5.22. The van der Waals surface area contributed by atoms with Crippen molar-refractivity contribution in [1.29, 1.82) is 0 Å². The van der Waals surface area contributed by atoms with Crippen molar-refractivity contribution < 1.29 is 22.4 Å². The first-order valence-corrected chi connectivity index (χ1v) is 12.3. The van der Waals surface area contributed by atoms with Crippen molar-refractivity contribution in [3.63, 3.8) is 0 Å². The molecule has 0 fully saturated rings. The summed E-state index contributed by atoms with van der Waals surface area (Å²) < 4.78 is 41.1. The zero-order chi connectivity index (χ0) is 24.0. The van der Waals surface area contributed by atoms with Crippen molar-refractivity contribution >= 4 is 54.3 Å². The Kier molecular flexibility index (Phi) is 5.25. The second-order valence-electron chi connectivity index (χ2n) is 8.27. The third kappa shape index (κ3) is 3.66. The maximum absolute atomic E-state index is 13.5. The zero-order valence-electron chi connectivity index (χ0n) is 18.8. The lowest BCUT2D eigenvalue weighted by atomic mass is 10.0. The van der Waals surface area contributed by atoms with E-state index >= 15 is 0 Å². The first-order valence-electron chi connectivity index (χ1n) is 10.8. The maximum Gasteiger partial charge on any atom is 0.342 e. The van der Waals surface area contributed by atoms with Crippen LogP contribution in [0.4, 0.5) is 5.69 Å². The summed E-state index contributed by atoms with van der Waals surface area (Å²) in [5.74, 6) is -0.113. The van der Waals surface area contributed by atoms with Gasteiger partial charge < -0.3 is 9.15 Å². The van der Waals surface area contributed by atoms with Crippen molar-refractivity contribution in [2.75, 3.05) is 4.72 Å². The molecule has 0 unspecified atom stereocenters. The molecule has 5 aromatic rings. The number of carbonyl (C=O) groups excluding carboxylic acids is 1. The second-order valence-corrected chi connectivity index (χ2v) is 9.92.